The lowest BCUT2D eigenvalue weighted by Gasteiger charge is -2.38. The number of hydrogen-bond donors (Lipinski definition) is 0. The van der Waals surface area contributed by atoms with Gasteiger partial charge in [-0.05, 0) is 29.7 Å². The zero-order valence-electron chi connectivity index (χ0n) is 23.5. The first kappa shape index (κ1) is 27.2. The molecule has 0 radical (unpaired) electrons. The number of rotatable bonds is 9. The van der Waals surface area contributed by atoms with Crippen molar-refractivity contribution in [3.63, 3.8) is 0 Å². The number of methoxy groups -OCH3 is 1. The van der Waals surface area contributed by atoms with Crippen molar-refractivity contribution in [2.75, 3.05) is 44.9 Å². The van der Waals surface area contributed by atoms with E-state index in [1.165, 1.54) is 18.2 Å². The molecule has 0 spiro atoms. The van der Waals surface area contributed by atoms with Crippen LogP contribution >= 0.6 is 11.3 Å². The number of amides is 1. The lowest BCUT2D eigenvalue weighted by molar-refractivity contribution is -0.131. The van der Waals surface area contributed by atoms with Crippen LogP contribution in [0.15, 0.2) is 61.0 Å². The molecule has 11 nitrogen and oxygen atoms in total. The molecule has 0 atom stereocenters. The van der Waals surface area contributed by atoms with Crippen molar-refractivity contribution in [3.05, 3.63) is 72.7 Å². The quantitative estimate of drug-likeness (QED) is 0.184. The number of thiophene rings is 1. The van der Waals surface area contributed by atoms with Crippen LogP contribution in [0.25, 0.3) is 32.5 Å². The molecular weight excluding hydrogens is 571 g/mol. The SMILES string of the molecule is C=CC(=O)N1CC(n2cc(-c3nc(N4CCn5cnnc5C4)c4ccsc4c3-c3ccc(F)cc3OCCOC)cn2)C1. The Morgan fingerprint density at radius 1 is 1.23 bits per heavy atom. The Balaban J connectivity index is 1.36. The fourth-order valence-corrected chi connectivity index (χ4v) is 6.56. The maximum Gasteiger partial charge on any atom is 0.246 e. The third-order valence-corrected chi connectivity index (χ3v) is 8.81. The molecule has 0 bridgehead atoms. The fraction of sp³-hybridized carbons (Fsp3) is 0.300. The predicted octanol–water partition coefficient (Wildman–Crippen LogP) is 4.17. The summed E-state index contributed by atoms with van der Waals surface area (Å²) in [5.74, 6) is 1.66. The molecule has 1 aromatic carbocycles. The molecular formula is C30H29FN8O3S. The Bertz CT molecular complexity index is 1820. The lowest BCUT2D eigenvalue weighted by Crippen LogP contribution is -2.50. The van der Waals surface area contributed by atoms with Crippen molar-refractivity contribution in [2.45, 2.75) is 19.1 Å². The fourth-order valence-electron chi connectivity index (χ4n) is 5.60. The van der Waals surface area contributed by atoms with Gasteiger partial charge >= 0.3 is 0 Å². The molecule has 2 aliphatic rings. The highest BCUT2D eigenvalue weighted by atomic mass is 32.1. The van der Waals surface area contributed by atoms with E-state index in [1.807, 2.05) is 16.3 Å². The second-order valence-electron chi connectivity index (χ2n) is 10.5. The van der Waals surface area contributed by atoms with Crippen molar-refractivity contribution in [1.82, 2.24) is 34.4 Å². The number of ether oxygens (including phenoxy) is 2. The van der Waals surface area contributed by atoms with Gasteiger partial charge in [0.25, 0.3) is 0 Å². The normalized spacial score (nSPS) is 15.0. The first-order chi connectivity index (χ1) is 21.0. The molecule has 6 heterocycles. The van der Waals surface area contributed by atoms with Crippen LogP contribution in [0.2, 0.25) is 0 Å². The Morgan fingerprint density at radius 2 is 2.12 bits per heavy atom. The van der Waals surface area contributed by atoms with E-state index in [9.17, 15) is 9.18 Å². The average molecular weight is 601 g/mol. The predicted molar refractivity (Wildman–Crippen MR) is 160 cm³/mol. The number of nitrogens with zero attached hydrogens (tertiary/aromatic N) is 8. The van der Waals surface area contributed by atoms with Gasteiger partial charge in [-0.15, -0.1) is 21.5 Å². The van der Waals surface area contributed by atoms with Gasteiger partial charge in [0.15, 0.2) is 5.82 Å². The highest BCUT2D eigenvalue weighted by molar-refractivity contribution is 7.18. The Kier molecular flexibility index (Phi) is 7.11. The highest BCUT2D eigenvalue weighted by Crippen LogP contribution is 2.46. The first-order valence-corrected chi connectivity index (χ1v) is 14.8. The van der Waals surface area contributed by atoms with E-state index in [-0.39, 0.29) is 18.6 Å². The molecule has 13 heteroatoms. The van der Waals surface area contributed by atoms with Crippen LogP contribution in [0.5, 0.6) is 5.75 Å². The molecule has 220 valence electrons. The van der Waals surface area contributed by atoms with Gasteiger partial charge in [0.1, 0.15) is 30.3 Å². The van der Waals surface area contributed by atoms with E-state index in [1.54, 1.807) is 41.9 Å². The molecule has 5 aromatic rings. The maximum absolute atomic E-state index is 14.5. The number of hydrogen-bond acceptors (Lipinski definition) is 9. The van der Waals surface area contributed by atoms with Crippen LogP contribution in [-0.4, -0.2) is 80.3 Å². The van der Waals surface area contributed by atoms with Gasteiger partial charge in [-0.2, -0.15) is 5.10 Å². The maximum atomic E-state index is 14.5. The van der Waals surface area contributed by atoms with Gasteiger partial charge in [0.05, 0.1) is 31.1 Å². The van der Waals surface area contributed by atoms with E-state index in [4.69, 9.17) is 14.5 Å². The molecule has 0 saturated carbocycles. The van der Waals surface area contributed by atoms with Crippen molar-refractivity contribution >= 4 is 33.1 Å². The molecule has 2 aliphatic heterocycles. The number of pyridine rings is 1. The molecule has 1 amide bonds. The van der Waals surface area contributed by atoms with Crippen LogP contribution in [0.4, 0.5) is 10.2 Å². The van der Waals surface area contributed by atoms with E-state index in [2.05, 4.69) is 37.4 Å². The Hall–Kier alpha value is -4.62. The molecule has 1 fully saturated rings. The minimum absolute atomic E-state index is 0.0539. The van der Waals surface area contributed by atoms with Crippen LogP contribution in [0.3, 0.4) is 0 Å². The molecule has 1 saturated heterocycles. The zero-order valence-corrected chi connectivity index (χ0v) is 24.3. The number of halogens is 1. The smallest absolute Gasteiger partial charge is 0.246 e. The van der Waals surface area contributed by atoms with Gasteiger partial charge < -0.3 is 23.8 Å². The van der Waals surface area contributed by atoms with E-state index < -0.39 is 5.82 Å². The van der Waals surface area contributed by atoms with Crippen LogP contribution in [-0.2, 0) is 22.6 Å². The summed E-state index contributed by atoms with van der Waals surface area (Å²) < 4.78 is 30.7. The van der Waals surface area contributed by atoms with Crippen LogP contribution < -0.4 is 9.64 Å². The summed E-state index contributed by atoms with van der Waals surface area (Å²) in [6.45, 7) is 7.42. The molecule has 0 aliphatic carbocycles. The molecule has 0 N–H and O–H groups in total. The van der Waals surface area contributed by atoms with Crippen molar-refractivity contribution in [2.24, 2.45) is 0 Å². The number of carbonyl (C=O) groups is 1. The minimum atomic E-state index is -0.390. The summed E-state index contributed by atoms with van der Waals surface area (Å²) in [6.07, 6.45) is 6.86. The van der Waals surface area contributed by atoms with E-state index in [0.717, 1.165) is 51.5 Å². The number of benzene rings is 1. The number of fused-ring (bicyclic) bond motifs is 2. The summed E-state index contributed by atoms with van der Waals surface area (Å²) in [6, 6.07) is 6.72. The number of likely N-dealkylation sites (tertiary alicyclic amines) is 1. The minimum Gasteiger partial charge on any atom is -0.490 e. The zero-order chi connectivity index (χ0) is 29.5. The van der Waals surface area contributed by atoms with Gasteiger partial charge in [-0.3, -0.25) is 9.48 Å². The summed E-state index contributed by atoms with van der Waals surface area (Å²) in [5, 5.41) is 16.1. The largest absolute Gasteiger partial charge is 0.490 e. The molecule has 43 heavy (non-hydrogen) atoms. The van der Waals surface area contributed by atoms with Crippen LogP contribution in [0, 0.1) is 5.82 Å². The number of anilines is 1. The Morgan fingerprint density at radius 3 is 2.95 bits per heavy atom. The standard InChI is InChI=1S/C30H29FN8O3S/c1-3-26(40)38-15-21(16-38)39-14-19(13-33-39)28-27(22-5-4-20(31)12-24(22)42-10-9-41-2)29-23(6-11-43-29)30(34-28)36-7-8-37-18-32-35-25(37)17-36/h3-6,11-14,18,21H,1,7-10,15-17H2,2H3. The van der Waals surface area contributed by atoms with Gasteiger partial charge in [0.2, 0.25) is 5.91 Å². The van der Waals surface area contributed by atoms with E-state index >= 15 is 0 Å². The lowest BCUT2D eigenvalue weighted by atomic mass is 9.98. The molecule has 0 unspecified atom stereocenters. The average Bonchev–Trinajstić information content (AvgIpc) is 3.77. The summed E-state index contributed by atoms with van der Waals surface area (Å²) in [7, 11) is 1.60. The second kappa shape index (κ2) is 11.2. The number of carbonyl (C=O) groups excluding carboxylic acids is 1. The third kappa shape index (κ3) is 4.93. The topological polar surface area (TPSA) is 103 Å². The van der Waals surface area contributed by atoms with Crippen molar-refractivity contribution in [3.8, 4) is 28.1 Å². The van der Waals surface area contributed by atoms with E-state index in [0.29, 0.717) is 37.7 Å². The Labute approximate surface area is 250 Å². The molecule has 4 aromatic heterocycles. The first-order valence-electron chi connectivity index (χ1n) is 13.9. The summed E-state index contributed by atoms with van der Waals surface area (Å²) in [5.41, 5.74) is 3.10. The van der Waals surface area contributed by atoms with Gasteiger partial charge in [-0.25, -0.2) is 9.37 Å². The summed E-state index contributed by atoms with van der Waals surface area (Å²) in [4.78, 5) is 21.3. The van der Waals surface area contributed by atoms with Crippen LogP contribution in [0.1, 0.15) is 11.9 Å². The van der Waals surface area contributed by atoms with Crippen molar-refractivity contribution in [1.29, 1.82) is 0 Å². The number of aromatic nitrogens is 6. The van der Waals surface area contributed by atoms with Gasteiger partial charge in [-0.1, -0.05) is 6.58 Å². The third-order valence-electron chi connectivity index (χ3n) is 7.88. The van der Waals surface area contributed by atoms with Crippen molar-refractivity contribution < 1.29 is 18.7 Å². The van der Waals surface area contributed by atoms with Gasteiger partial charge in [0, 0.05) is 72.3 Å². The second-order valence-corrected chi connectivity index (χ2v) is 11.4. The monoisotopic (exact) mass is 600 g/mol. The molecule has 7 rings (SSSR count). The summed E-state index contributed by atoms with van der Waals surface area (Å²) >= 11 is 1.60. The highest BCUT2D eigenvalue weighted by Gasteiger charge is 2.32.